The molecule has 0 heterocycles. The highest BCUT2D eigenvalue weighted by atomic mass is 16.1. The number of Topliss-reactive ketones (excluding diaryl/α,β-unsaturated/α-hetero) is 1. The molecular weight excluding hydrogens is 258 g/mol. The summed E-state index contributed by atoms with van der Waals surface area (Å²) in [6.45, 7) is 0. The van der Waals surface area contributed by atoms with E-state index in [1.165, 1.54) is 24.1 Å². The van der Waals surface area contributed by atoms with Gasteiger partial charge in [-0.25, -0.2) is 0 Å². The molecule has 1 aromatic carbocycles. The molecular formula is C19H23NO. The standard InChI is InChI=1S/C19H23NO/c1-20(2)17-10-7-14(8-11-17)13-16-9-12-18(19(16)21)15-5-3-4-6-15/h7-8,10-11,13H,3-6,9,12H2,1-2H3/b16-13+. The third-order valence-corrected chi connectivity index (χ3v) is 4.59. The Morgan fingerprint density at radius 3 is 2.24 bits per heavy atom. The molecule has 0 spiro atoms. The van der Waals surface area contributed by atoms with Crippen molar-refractivity contribution in [3.8, 4) is 0 Å². The Balaban J connectivity index is 1.81. The van der Waals surface area contributed by atoms with Gasteiger partial charge in [-0.05, 0) is 67.9 Å². The number of anilines is 1. The van der Waals surface area contributed by atoms with Crippen molar-refractivity contribution < 1.29 is 4.79 Å². The highest BCUT2D eigenvalue weighted by Crippen LogP contribution is 2.36. The predicted molar refractivity (Wildman–Crippen MR) is 88.5 cm³/mol. The van der Waals surface area contributed by atoms with Gasteiger partial charge in [0.2, 0.25) is 0 Å². The van der Waals surface area contributed by atoms with E-state index in [0.717, 1.165) is 42.4 Å². The number of nitrogens with zero attached hydrogens (tertiary/aromatic N) is 1. The van der Waals surface area contributed by atoms with Crippen molar-refractivity contribution in [1.82, 2.24) is 0 Å². The van der Waals surface area contributed by atoms with Gasteiger partial charge in [0, 0.05) is 25.4 Å². The largest absolute Gasteiger partial charge is 0.378 e. The molecule has 2 aliphatic rings. The number of carbonyl (C=O) groups excluding carboxylic acids is 1. The Bertz CT molecular complexity index is 597. The van der Waals surface area contributed by atoms with Gasteiger partial charge >= 0.3 is 0 Å². The minimum Gasteiger partial charge on any atom is -0.378 e. The van der Waals surface area contributed by atoms with Crippen LogP contribution in [-0.2, 0) is 4.79 Å². The first-order chi connectivity index (χ1) is 10.1. The predicted octanol–water partition coefficient (Wildman–Crippen LogP) is 4.37. The maximum Gasteiger partial charge on any atom is 0.184 e. The van der Waals surface area contributed by atoms with Gasteiger partial charge in [-0.1, -0.05) is 17.7 Å². The summed E-state index contributed by atoms with van der Waals surface area (Å²) in [5.74, 6) is 0.309. The quantitative estimate of drug-likeness (QED) is 0.750. The molecule has 21 heavy (non-hydrogen) atoms. The maximum absolute atomic E-state index is 12.5. The van der Waals surface area contributed by atoms with Crippen molar-refractivity contribution in [3.05, 3.63) is 46.5 Å². The molecule has 0 bridgehead atoms. The summed E-state index contributed by atoms with van der Waals surface area (Å²) in [7, 11) is 4.07. The first-order valence-corrected chi connectivity index (χ1v) is 7.89. The zero-order chi connectivity index (χ0) is 14.8. The topological polar surface area (TPSA) is 20.3 Å². The van der Waals surface area contributed by atoms with Crippen molar-refractivity contribution in [3.63, 3.8) is 0 Å². The molecule has 2 nitrogen and oxygen atoms in total. The molecule has 1 aromatic rings. The van der Waals surface area contributed by atoms with Crippen LogP contribution < -0.4 is 4.90 Å². The zero-order valence-corrected chi connectivity index (χ0v) is 13.0. The summed E-state index contributed by atoms with van der Waals surface area (Å²) >= 11 is 0. The van der Waals surface area contributed by atoms with Crippen LogP contribution in [0.15, 0.2) is 41.0 Å². The minimum absolute atomic E-state index is 0.309. The molecule has 3 rings (SSSR count). The number of hydrogen-bond donors (Lipinski definition) is 0. The number of rotatable bonds is 2. The van der Waals surface area contributed by atoms with Gasteiger partial charge in [-0.2, -0.15) is 0 Å². The second-order valence-electron chi connectivity index (χ2n) is 6.27. The fraction of sp³-hybridized carbons (Fsp3) is 0.421. The lowest BCUT2D eigenvalue weighted by Gasteiger charge is -2.11. The summed E-state index contributed by atoms with van der Waals surface area (Å²) in [6.07, 6.45) is 8.75. The van der Waals surface area contributed by atoms with Crippen molar-refractivity contribution in [2.75, 3.05) is 19.0 Å². The maximum atomic E-state index is 12.5. The third-order valence-electron chi connectivity index (χ3n) is 4.59. The molecule has 0 aliphatic heterocycles. The van der Waals surface area contributed by atoms with Crippen molar-refractivity contribution in [2.24, 2.45) is 0 Å². The number of hydrogen-bond acceptors (Lipinski definition) is 2. The van der Waals surface area contributed by atoms with Crippen LogP contribution in [0.3, 0.4) is 0 Å². The number of benzene rings is 1. The first kappa shape index (κ1) is 14.1. The van der Waals surface area contributed by atoms with Crippen molar-refractivity contribution in [2.45, 2.75) is 38.5 Å². The van der Waals surface area contributed by atoms with Crippen LogP contribution in [0.1, 0.15) is 44.1 Å². The van der Waals surface area contributed by atoms with Crippen molar-refractivity contribution in [1.29, 1.82) is 0 Å². The van der Waals surface area contributed by atoms with E-state index in [-0.39, 0.29) is 0 Å². The molecule has 0 unspecified atom stereocenters. The molecule has 0 aromatic heterocycles. The summed E-state index contributed by atoms with van der Waals surface area (Å²) in [4.78, 5) is 14.6. The van der Waals surface area contributed by atoms with Gasteiger partial charge in [0.25, 0.3) is 0 Å². The fourth-order valence-corrected chi connectivity index (χ4v) is 3.33. The van der Waals surface area contributed by atoms with E-state index >= 15 is 0 Å². The van der Waals surface area contributed by atoms with Gasteiger partial charge in [-0.15, -0.1) is 0 Å². The number of carbonyl (C=O) groups is 1. The Labute approximate surface area is 127 Å². The molecule has 0 radical (unpaired) electrons. The van der Waals surface area contributed by atoms with Crippen LogP contribution in [0.4, 0.5) is 5.69 Å². The average molecular weight is 281 g/mol. The number of allylic oxidation sites excluding steroid dienone is 3. The van der Waals surface area contributed by atoms with Crippen molar-refractivity contribution >= 4 is 17.5 Å². The second kappa shape index (κ2) is 5.88. The van der Waals surface area contributed by atoms with Crippen LogP contribution in [0.2, 0.25) is 0 Å². The monoisotopic (exact) mass is 281 g/mol. The minimum atomic E-state index is 0.309. The average Bonchev–Trinajstić information content (AvgIpc) is 3.10. The van der Waals surface area contributed by atoms with Gasteiger partial charge in [0.15, 0.2) is 5.78 Å². The summed E-state index contributed by atoms with van der Waals surface area (Å²) in [5.41, 5.74) is 5.86. The second-order valence-corrected chi connectivity index (χ2v) is 6.27. The van der Waals surface area contributed by atoms with Crippen LogP contribution in [0.5, 0.6) is 0 Å². The fourth-order valence-electron chi connectivity index (χ4n) is 3.33. The smallest absolute Gasteiger partial charge is 0.184 e. The molecule has 0 atom stereocenters. The number of ketones is 1. The first-order valence-electron chi connectivity index (χ1n) is 7.89. The highest BCUT2D eigenvalue weighted by Gasteiger charge is 2.26. The summed E-state index contributed by atoms with van der Waals surface area (Å²) in [6, 6.07) is 8.39. The van der Waals surface area contributed by atoms with Gasteiger partial charge < -0.3 is 4.90 Å². The lowest BCUT2D eigenvalue weighted by Crippen LogP contribution is -2.07. The van der Waals surface area contributed by atoms with Gasteiger partial charge in [0.05, 0.1) is 0 Å². The summed E-state index contributed by atoms with van der Waals surface area (Å²) in [5, 5.41) is 0. The Hall–Kier alpha value is -1.83. The molecule has 2 aliphatic carbocycles. The lowest BCUT2D eigenvalue weighted by molar-refractivity contribution is -0.111. The van der Waals surface area contributed by atoms with Crippen LogP contribution >= 0.6 is 0 Å². The Kier molecular flexibility index (Phi) is 3.96. The highest BCUT2D eigenvalue weighted by molar-refractivity contribution is 6.13. The molecule has 2 fully saturated rings. The SMILES string of the molecule is CN(C)c1ccc(/C=C2\CCC(=C3CCCC3)C2=O)cc1. The Morgan fingerprint density at radius 2 is 1.62 bits per heavy atom. The van der Waals surface area contributed by atoms with E-state index in [2.05, 4.69) is 35.2 Å². The molecule has 2 heteroatoms. The van der Waals surface area contributed by atoms with Crippen LogP contribution in [0, 0.1) is 0 Å². The van der Waals surface area contributed by atoms with E-state index in [1.807, 2.05) is 14.1 Å². The van der Waals surface area contributed by atoms with E-state index < -0.39 is 0 Å². The van der Waals surface area contributed by atoms with E-state index in [4.69, 9.17) is 0 Å². The molecule has 0 amide bonds. The van der Waals surface area contributed by atoms with Gasteiger partial charge in [0.1, 0.15) is 0 Å². The zero-order valence-electron chi connectivity index (χ0n) is 13.0. The van der Waals surface area contributed by atoms with E-state index in [9.17, 15) is 4.79 Å². The van der Waals surface area contributed by atoms with E-state index in [1.54, 1.807) is 0 Å². The van der Waals surface area contributed by atoms with E-state index in [0.29, 0.717) is 5.78 Å². The van der Waals surface area contributed by atoms with Crippen LogP contribution in [-0.4, -0.2) is 19.9 Å². The molecule has 0 N–H and O–H groups in total. The molecule has 110 valence electrons. The third kappa shape index (κ3) is 2.94. The summed E-state index contributed by atoms with van der Waals surface area (Å²) < 4.78 is 0. The lowest BCUT2D eigenvalue weighted by atomic mass is 10.0. The Morgan fingerprint density at radius 1 is 0.952 bits per heavy atom. The van der Waals surface area contributed by atoms with Crippen LogP contribution in [0.25, 0.3) is 6.08 Å². The molecule has 2 saturated carbocycles. The van der Waals surface area contributed by atoms with Gasteiger partial charge in [-0.3, -0.25) is 4.79 Å². The molecule has 0 saturated heterocycles. The normalized spacial score (nSPS) is 20.7.